The van der Waals surface area contributed by atoms with Gasteiger partial charge in [-0.3, -0.25) is 4.90 Å². The summed E-state index contributed by atoms with van der Waals surface area (Å²) in [6.45, 7) is 9.63. The summed E-state index contributed by atoms with van der Waals surface area (Å²) in [6, 6.07) is 1.86. The molecule has 0 radical (unpaired) electrons. The van der Waals surface area contributed by atoms with Gasteiger partial charge < -0.3 is 10.6 Å². The molecular formula is C16H27N5. The Morgan fingerprint density at radius 3 is 2.29 bits per heavy atom. The standard InChI is InChI=1S/C16H27N5/c1-15(2)4-5-16(12-15,13-17)21-10-8-20(9-11-21)14-18-6-3-7-19-14/h3,6-7H,4-5,8-13,17H2,1-2H3. The summed E-state index contributed by atoms with van der Waals surface area (Å²) in [7, 11) is 0. The highest BCUT2D eigenvalue weighted by Gasteiger charge is 2.46. The largest absolute Gasteiger partial charge is 0.338 e. The van der Waals surface area contributed by atoms with Gasteiger partial charge in [-0.15, -0.1) is 0 Å². The number of nitrogens with two attached hydrogens (primary N) is 1. The molecular weight excluding hydrogens is 262 g/mol. The fourth-order valence-corrected chi connectivity index (χ4v) is 4.05. The van der Waals surface area contributed by atoms with E-state index in [0.717, 1.165) is 38.7 Å². The number of aromatic nitrogens is 2. The van der Waals surface area contributed by atoms with Crippen LogP contribution >= 0.6 is 0 Å². The second-order valence-corrected chi connectivity index (χ2v) is 7.29. The molecule has 1 aromatic rings. The monoisotopic (exact) mass is 289 g/mol. The van der Waals surface area contributed by atoms with Crippen LogP contribution in [0.15, 0.2) is 18.5 Å². The third kappa shape index (κ3) is 2.90. The normalized spacial score (nSPS) is 29.8. The molecule has 1 saturated heterocycles. The van der Waals surface area contributed by atoms with Gasteiger partial charge in [0.1, 0.15) is 0 Å². The van der Waals surface area contributed by atoms with Gasteiger partial charge in [-0.05, 0) is 30.7 Å². The topological polar surface area (TPSA) is 58.3 Å². The third-order valence-corrected chi connectivity index (χ3v) is 5.24. The van der Waals surface area contributed by atoms with Crippen molar-refractivity contribution in [3.05, 3.63) is 18.5 Å². The lowest BCUT2D eigenvalue weighted by atomic mass is 9.86. The summed E-state index contributed by atoms with van der Waals surface area (Å²) in [6.07, 6.45) is 7.37. The van der Waals surface area contributed by atoms with Crippen LogP contribution in [0.4, 0.5) is 5.95 Å². The van der Waals surface area contributed by atoms with Crippen molar-refractivity contribution in [3.8, 4) is 0 Å². The number of piperazine rings is 1. The fraction of sp³-hybridized carbons (Fsp3) is 0.750. The predicted molar refractivity (Wildman–Crippen MR) is 85.2 cm³/mol. The molecule has 1 saturated carbocycles. The molecule has 3 rings (SSSR count). The van der Waals surface area contributed by atoms with Crippen LogP contribution in [0.5, 0.6) is 0 Å². The van der Waals surface area contributed by atoms with E-state index in [2.05, 4.69) is 33.6 Å². The Balaban J connectivity index is 1.65. The van der Waals surface area contributed by atoms with E-state index in [-0.39, 0.29) is 5.54 Å². The Bertz CT molecular complexity index is 467. The van der Waals surface area contributed by atoms with Crippen LogP contribution in [-0.4, -0.2) is 53.1 Å². The fourth-order valence-electron chi connectivity index (χ4n) is 4.05. The van der Waals surface area contributed by atoms with Crippen LogP contribution < -0.4 is 10.6 Å². The average Bonchev–Trinajstić information content (AvgIpc) is 2.85. The zero-order chi connectivity index (χ0) is 14.9. The van der Waals surface area contributed by atoms with Crippen LogP contribution in [0.3, 0.4) is 0 Å². The maximum absolute atomic E-state index is 6.19. The van der Waals surface area contributed by atoms with E-state index in [1.807, 2.05) is 18.5 Å². The van der Waals surface area contributed by atoms with E-state index in [9.17, 15) is 0 Å². The molecule has 2 fully saturated rings. The summed E-state index contributed by atoms with van der Waals surface area (Å²) < 4.78 is 0. The molecule has 2 N–H and O–H groups in total. The van der Waals surface area contributed by atoms with Crippen LogP contribution in [0.2, 0.25) is 0 Å². The predicted octanol–water partition coefficient (Wildman–Crippen LogP) is 1.51. The van der Waals surface area contributed by atoms with E-state index < -0.39 is 0 Å². The molecule has 116 valence electrons. The van der Waals surface area contributed by atoms with Crippen LogP contribution in [0, 0.1) is 5.41 Å². The number of rotatable bonds is 3. The SMILES string of the molecule is CC1(C)CCC(CN)(N2CCN(c3ncccn3)CC2)C1. The van der Waals surface area contributed by atoms with Crippen molar-refractivity contribution in [2.75, 3.05) is 37.6 Å². The average molecular weight is 289 g/mol. The summed E-state index contributed by atoms with van der Waals surface area (Å²) >= 11 is 0. The Kier molecular flexibility index (Phi) is 3.88. The summed E-state index contributed by atoms with van der Waals surface area (Å²) in [5.41, 5.74) is 6.83. The van der Waals surface area contributed by atoms with Crippen molar-refractivity contribution in [2.45, 2.75) is 38.6 Å². The van der Waals surface area contributed by atoms with Gasteiger partial charge in [0.2, 0.25) is 5.95 Å². The van der Waals surface area contributed by atoms with E-state index in [1.165, 1.54) is 19.3 Å². The molecule has 1 aliphatic heterocycles. The van der Waals surface area contributed by atoms with Gasteiger partial charge in [-0.1, -0.05) is 13.8 Å². The smallest absolute Gasteiger partial charge is 0.225 e. The van der Waals surface area contributed by atoms with Crippen LogP contribution in [0.1, 0.15) is 33.1 Å². The highest BCUT2D eigenvalue weighted by Crippen LogP contribution is 2.46. The highest BCUT2D eigenvalue weighted by molar-refractivity contribution is 5.29. The third-order valence-electron chi connectivity index (χ3n) is 5.24. The zero-order valence-corrected chi connectivity index (χ0v) is 13.3. The first kappa shape index (κ1) is 14.7. The van der Waals surface area contributed by atoms with Crippen molar-refractivity contribution in [1.82, 2.24) is 14.9 Å². The zero-order valence-electron chi connectivity index (χ0n) is 13.3. The quantitative estimate of drug-likeness (QED) is 0.914. The van der Waals surface area contributed by atoms with Gasteiger partial charge in [-0.25, -0.2) is 9.97 Å². The minimum Gasteiger partial charge on any atom is -0.338 e. The van der Waals surface area contributed by atoms with Crippen molar-refractivity contribution >= 4 is 5.95 Å². The van der Waals surface area contributed by atoms with Gasteiger partial charge in [0, 0.05) is 50.7 Å². The Morgan fingerprint density at radius 2 is 1.76 bits per heavy atom. The molecule has 1 aliphatic carbocycles. The maximum Gasteiger partial charge on any atom is 0.225 e. The molecule has 0 amide bonds. The molecule has 0 bridgehead atoms. The first-order valence-corrected chi connectivity index (χ1v) is 8.02. The molecule has 2 aliphatic rings. The van der Waals surface area contributed by atoms with Gasteiger partial charge in [-0.2, -0.15) is 0 Å². The maximum atomic E-state index is 6.19. The Hall–Kier alpha value is -1.20. The summed E-state index contributed by atoms with van der Waals surface area (Å²) in [5.74, 6) is 0.853. The number of anilines is 1. The number of nitrogens with zero attached hydrogens (tertiary/aromatic N) is 4. The molecule has 21 heavy (non-hydrogen) atoms. The lowest BCUT2D eigenvalue weighted by Gasteiger charge is -2.46. The summed E-state index contributed by atoms with van der Waals surface area (Å²) in [5, 5.41) is 0. The van der Waals surface area contributed by atoms with Crippen molar-refractivity contribution < 1.29 is 0 Å². The van der Waals surface area contributed by atoms with Gasteiger partial charge in [0.05, 0.1) is 0 Å². The molecule has 0 spiro atoms. The Morgan fingerprint density at radius 1 is 1.10 bits per heavy atom. The molecule has 5 nitrogen and oxygen atoms in total. The lowest BCUT2D eigenvalue weighted by molar-refractivity contribution is 0.0819. The van der Waals surface area contributed by atoms with E-state index >= 15 is 0 Å². The van der Waals surface area contributed by atoms with Crippen molar-refractivity contribution in [3.63, 3.8) is 0 Å². The number of hydrogen-bond donors (Lipinski definition) is 1. The molecule has 2 heterocycles. The second-order valence-electron chi connectivity index (χ2n) is 7.29. The van der Waals surface area contributed by atoms with Gasteiger partial charge in [0.15, 0.2) is 0 Å². The van der Waals surface area contributed by atoms with Crippen molar-refractivity contribution in [1.29, 1.82) is 0 Å². The molecule has 0 aromatic carbocycles. The van der Waals surface area contributed by atoms with Gasteiger partial charge >= 0.3 is 0 Å². The lowest BCUT2D eigenvalue weighted by Crippen LogP contribution is -2.59. The molecule has 1 aromatic heterocycles. The minimum atomic E-state index is 0.215. The summed E-state index contributed by atoms with van der Waals surface area (Å²) in [4.78, 5) is 13.6. The molecule has 5 heteroatoms. The van der Waals surface area contributed by atoms with E-state index in [4.69, 9.17) is 5.73 Å². The highest BCUT2D eigenvalue weighted by atomic mass is 15.3. The van der Waals surface area contributed by atoms with Crippen LogP contribution in [-0.2, 0) is 0 Å². The molecule has 1 unspecified atom stereocenters. The number of hydrogen-bond acceptors (Lipinski definition) is 5. The second kappa shape index (κ2) is 5.54. The Labute approximate surface area is 127 Å². The van der Waals surface area contributed by atoms with E-state index in [1.54, 1.807) is 0 Å². The van der Waals surface area contributed by atoms with E-state index in [0.29, 0.717) is 5.41 Å². The van der Waals surface area contributed by atoms with Gasteiger partial charge in [0.25, 0.3) is 0 Å². The van der Waals surface area contributed by atoms with Crippen molar-refractivity contribution in [2.24, 2.45) is 11.1 Å². The minimum absolute atomic E-state index is 0.215. The molecule has 1 atom stereocenters. The first-order valence-electron chi connectivity index (χ1n) is 8.02. The first-order chi connectivity index (χ1) is 10.0. The van der Waals surface area contributed by atoms with Crippen LogP contribution in [0.25, 0.3) is 0 Å².